The van der Waals surface area contributed by atoms with Crippen molar-refractivity contribution in [1.82, 2.24) is 0 Å². The largest absolute Gasteiger partial charge is 0.344 e. The number of benzene rings is 4. The molecule has 420 valence electrons. The van der Waals surface area contributed by atoms with Crippen LogP contribution in [0.1, 0.15) is 277 Å². The summed E-state index contributed by atoms with van der Waals surface area (Å²) in [6.45, 7) is 16.6. The van der Waals surface area contributed by atoms with Crippen LogP contribution in [0.15, 0.2) is 119 Å². The van der Waals surface area contributed by atoms with Crippen LogP contribution in [0.5, 0.6) is 0 Å². The molecule has 2 aliphatic heterocycles. The molecule has 77 heavy (non-hydrogen) atoms. The molecular formula is C74H108ClN2+. The molecule has 7 rings (SSSR count). The van der Waals surface area contributed by atoms with Crippen LogP contribution in [-0.4, -0.2) is 23.4 Å². The van der Waals surface area contributed by atoms with Crippen LogP contribution in [0.4, 0.5) is 11.4 Å². The van der Waals surface area contributed by atoms with Crippen molar-refractivity contribution >= 4 is 50.2 Å². The highest BCUT2D eigenvalue weighted by atomic mass is 35.5. The van der Waals surface area contributed by atoms with E-state index in [1.54, 1.807) is 0 Å². The maximum Gasteiger partial charge on any atom is 0.210 e. The van der Waals surface area contributed by atoms with Gasteiger partial charge in [0, 0.05) is 52.5 Å². The number of halogens is 1. The van der Waals surface area contributed by atoms with Crippen molar-refractivity contribution in [3.8, 4) is 0 Å². The van der Waals surface area contributed by atoms with Crippen molar-refractivity contribution in [2.45, 2.75) is 277 Å². The minimum absolute atomic E-state index is 0.129. The number of hydrogen-bond donors (Lipinski definition) is 0. The van der Waals surface area contributed by atoms with E-state index < -0.39 is 0 Å². The lowest BCUT2D eigenvalue weighted by molar-refractivity contribution is -0.438. The third-order valence-electron chi connectivity index (χ3n) is 18.3. The number of allylic oxidation sites excluding steroid dienone is 8. The summed E-state index contributed by atoms with van der Waals surface area (Å²) in [6.07, 6.45) is 57.5. The van der Waals surface area contributed by atoms with E-state index in [2.05, 4.69) is 148 Å². The van der Waals surface area contributed by atoms with Gasteiger partial charge in [-0.05, 0) is 102 Å². The van der Waals surface area contributed by atoms with Crippen LogP contribution in [0.3, 0.4) is 0 Å². The van der Waals surface area contributed by atoms with Crippen LogP contribution in [-0.2, 0) is 10.8 Å². The molecule has 4 aromatic carbocycles. The van der Waals surface area contributed by atoms with E-state index in [1.807, 2.05) is 0 Å². The van der Waals surface area contributed by atoms with Gasteiger partial charge < -0.3 is 4.90 Å². The van der Waals surface area contributed by atoms with Crippen molar-refractivity contribution in [1.29, 1.82) is 0 Å². The molecule has 0 saturated carbocycles. The van der Waals surface area contributed by atoms with Gasteiger partial charge in [0.25, 0.3) is 0 Å². The highest BCUT2D eigenvalue weighted by molar-refractivity contribution is 6.32. The number of anilines is 1. The quantitative estimate of drug-likeness (QED) is 0.0322. The molecule has 0 radical (unpaired) electrons. The number of rotatable bonds is 37. The molecule has 0 saturated heterocycles. The molecule has 0 spiro atoms. The van der Waals surface area contributed by atoms with E-state index in [9.17, 15) is 0 Å². The zero-order chi connectivity index (χ0) is 54.1. The summed E-state index contributed by atoms with van der Waals surface area (Å²) in [5, 5.41) is 6.39. The molecule has 3 heteroatoms. The van der Waals surface area contributed by atoms with Gasteiger partial charge in [0.15, 0.2) is 5.71 Å². The highest BCUT2D eigenvalue weighted by Crippen LogP contribution is 2.51. The molecule has 3 aliphatic rings. The maximum absolute atomic E-state index is 7.59. The molecule has 4 aromatic rings. The van der Waals surface area contributed by atoms with Gasteiger partial charge in [-0.15, -0.1) is 0 Å². The van der Waals surface area contributed by atoms with Crippen molar-refractivity contribution < 1.29 is 4.58 Å². The molecule has 0 N–H and O–H groups in total. The number of fused-ring (bicyclic) bond motifs is 6. The summed E-state index contributed by atoms with van der Waals surface area (Å²) in [5.74, 6) is 0. The number of hydrogen-bond acceptors (Lipinski definition) is 1. The van der Waals surface area contributed by atoms with E-state index in [0.717, 1.165) is 37.4 Å². The summed E-state index contributed by atoms with van der Waals surface area (Å²) in [5.41, 5.74) is 10.8. The second-order valence-electron chi connectivity index (χ2n) is 25.2. The Kier molecular flexibility index (Phi) is 25.6. The van der Waals surface area contributed by atoms with Gasteiger partial charge in [-0.3, -0.25) is 0 Å². The zero-order valence-corrected chi connectivity index (χ0v) is 50.9. The fourth-order valence-electron chi connectivity index (χ4n) is 13.8. The molecule has 0 bridgehead atoms. The fourth-order valence-corrected chi connectivity index (χ4v) is 14.1. The first-order chi connectivity index (χ1) is 37.7. The van der Waals surface area contributed by atoms with Gasteiger partial charge in [0.2, 0.25) is 5.69 Å². The maximum atomic E-state index is 7.59. The summed E-state index contributed by atoms with van der Waals surface area (Å²) in [6, 6.07) is 27.6. The summed E-state index contributed by atoms with van der Waals surface area (Å²) < 4.78 is 2.68. The molecule has 0 unspecified atom stereocenters. The Balaban J connectivity index is 0.985. The topological polar surface area (TPSA) is 6.25 Å². The molecule has 0 aromatic heterocycles. The molecule has 2 heterocycles. The molecular weight excluding hydrogens is 952 g/mol. The smallest absolute Gasteiger partial charge is 0.210 e. The van der Waals surface area contributed by atoms with Gasteiger partial charge in [-0.2, -0.15) is 4.58 Å². The molecule has 2 nitrogen and oxygen atoms in total. The minimum Gasteiger partial charge on any atom is -0.344 e. The third kappa shape index (κ3) is 17.1. The van der Waals surface area contributed by atoms with Gasteiger partial charge in [0.05, 0.1) is 5.41 Å². The predicted molar refractivity (Wildman–Crippen MR) is 342 cm³/mol. The van der Waals surface area contributed by atoms with Crippen molar-refractivity contribution in [2.75, 3.05) is 18.0 Å². The first kappa shape index (κ1) is 60.8. The summed E-state index contributed by atoms with van der Waals surface area (Å²) in [7, 11) is 0. The highest BCUT2D eigenvalue weighted by Gasteiger charge is 2.45. The second-order valence-corrected chi connectivity index (χ2v) is 25.6. The number of unbranched alkanes of at least 4 members (excludes halogenated alkanes) is 30. The van der Waals surface area contributed by atoms with Crippen LogP contribution in [0.25, 0.3) is 21.5 Å². The average Bonchev–Trinajstić information content (AvgIpc) is 4.04. The van der Waals surface area contributed by atoms with Crippen molar-refractivity contribution in [2.24, 2.45) is 0 Å². The van der Waals surface area contributed by atoms with Crippen LogP contribution < -0.4 is 4.90 Å². The first-order valence-electron chi connectivity index (χ1n) is 32.6. The van der Waals surface area contributed by atoms with E-state index in [-0.39, 0.29) is 10.8 Å². The van der Waals surface area contributed by atoms with Crippen molar-refractivity contribution in [3.63, 3.8) is 0 Å². The Morgan fingerprint density at radius 3 is 1.44 bits per heavy atom. The average molecular weight is 1060 g/mol. The summed E-state index contributed by atoms with van der Waals surface area (Å²) >= 11 is 7.59. The van der Waals surface area contributed by atoms with Gasteiger partial charge in [-0.1, -0.05) is 292 Å². The lowest BCUT2D eigenvalue weighted by Gasteiger charge is -2.27. The Bertz CT molecular complexity index is 2580. The Morgan fingerprint density at radius 2 is 0.922 bits per heavy atom. The first-order valence-corrected chi connectivity index (χ1v) is 33.0. The zero-order valence-electron chi connectivity index (χ0n) is 50.2. The number of nitrogens with zero attached hydrogens (tertiary/aromatic N) is 2. The second kappa shape index (κ2) is 32.4. The van der Waals surface area contributed by atoms with Crippen LogP contribution >= 0.6 is 11.6 Å². The molecule has 0 atom stereocenters. The van der Waals surface area contributed by atoms with Crippen molar-refractivity contribution in [3.05, 3.63) is 130 Å². The lowest BCUT2D eigenvalue weighted by Crippen LogP contribution is -2.28. The standard InChI is InChI=1S/C74H108ClN2/c1-7-9-11-13-15-17-19-21-23-25-27-29-31-33-35-41-58-76-66-54-50-60-44-37-39-48-64(60)70(66)73(3,4)68(76)56-52-62-46-43-47-63(72(62)75)53-57-69-74(5,6)71-65-49-40-38-45-61(65)51-55-67(71)77(69)59-42-36-34-32-30-28-26-24-22-20-18-16-14-12-10-8-2/h37-40,44-45,48-57H,7-36,41-43,46-47,58-59H2,1-6H3/q+1. The van der Waals surface area contributed by atoms with E-state index in [4.69, 9.17) is 11.6 Å². The van der Waals surface area contributed by atoms with E-state index in [1.165, 1.54) is 272 Å². The normalized spacial score (nSPS) is 17.2. The van der Waals surface area contributed by atoms with Gasteiger partial charge >= 0.3 is 0 Å². The molecule has 1 aliphatic carbocycles. The van der Waals surface area contributed by atoms with E-state index in [0.29, 0.717) is 0 Å². The lowest BCUT2D eigenvalue weighted by atomic mass is 9.78. The Labute approximate surface area is 477 Å². The SMILES string of the molecule is CCCCCCCCCCCCCCCCCCN1/C(=C\C=C2/CCCC(/C=C/C3=[N+](CCCCCCCCCCCCCCCCCC)c4ccc5ccccc5c4C3(C)C)=C2Cl)C(C)(C)c2c1ccc1ccccc21. The van der Waals surface area contributed by atoms with Gasteiger partial charge in [0.1, 0.15) is 6.54 Å². The summed E-state index contributed by atoms with van der Waals surface area (Å²) in [4.78, 5) is 2.68. The molecule has 0 amide bonds. The van der Waals surface area contributed by atoms with Gasteiger partial charge in [-0.25, -0.2) is 0 Å². The predicted octanol–water partition coefficient (Wildman–Crippen LogP) is 23.7. The third-order valence-corrected chi connectivity index (χ3v) is 18.8. The van der Waals surface area contributed by atoms with Crippen LogP contribution in [0, 0.1) is 0 Å². The van der Waals surface area contributed by atoms with E-state index >= 15 is 0 Å². The van der Waals surface area contributed by atoms with Crippen LogP contribution in [0.2, 0.25) is 0 Å². The molecule has 0 fully saturated rings. The Hall–Kier alpha value is -3.88. The monoisotopic (exact) mass is 1060 g/mol. The Morgan fingerprint density at radius 1 is 0.468 bits per heavy atom. The minimum atomic E-state index is -0.129. The fraction of sp³-hybridized carbons (Fsp3) is 0.608.